The standard InChI is InChI=1S/C18H16O2S2/c1-13(19)14-8-10-16(11-9-14)22-18(21-2)12-17(20)15-6-4-3-5-7-15/h3-12H,1-2H3/b18-12+. The Morgan fingerprint density at radius 2 is 1.55 bits per heavy atom. The summed E-state index contributed by atoms with van der Waals surface area (Å²) in [6, 6.07) is 16.6. The van der Waals surface area contributed by atoms with Gasteiger partial charge in [-0.15, -0.1) is 11.8 Å². The summed E-state index contributed by atoms with van der Waals surface area (Å²) in [4.78, 5) is 24.5. The van der Waals surface area contributed by atoms with Crippen molar-refractivity contribution in [3.05, 3.63) is 76.0 Å². The van der Waals surface area contributed by atoms with Crippen molar-refractivity contribution in [1.82, 2.24) is 0 Å². The number of hydrogen-bond donors (Lipinski definition) is 0. The SMILES string of the molecule is CS/C(=C\C(=O)c1ccccc1)Sc1ccc(C(C)=O)cc1. The third-order valence-electron chi connectivity index (χ3n) is 2.99. The van der Waals surface area contributed by atoms with E-state index in [1.54, 1.807) is 13.0 Å². The number of Topliss-reactive ketones (excluding diaryl/α,β-unsaturated/α-hetero) is 1. The third kappa shape index (κ3) is 4.61. The number of rotatable bonds is 6. The van der Waals surface area contributed by atoms with E-state index in [0.29, 0.717) is 11.1 Å². The van der Waals surface area contributed by atoms with Gasteiger partial charge < -0.3 is 0 Å². The Kier molecular flexibility index (Phi) is 6.04. The highest BCUT2D eigenvalue weighted by atomic mass is 32.2. The number of carbonyl (C=O) groups is 2. The average molecular weight is 328 g/mol. The van der Waals surface area contributed by atoms with Gasteiger partial charge in [-0.3, -0.25) is 9.59 Å². The van der Waals surface area contributed by atoms with Gasteiger partial charge in [0.25, 0.3) is 0 Å². The summed E-state index contributed by atoms with van der Waals surface area (Å²) in [5.74, 6) is 0.0502. The van der Waals surface area contributed by atoms with Crippen molar-refractivity contribution in [3.8, 4) is 0 Å². The lowest BCUT2D eigenvalue weighted by Crippen LogP contribution is -1.94. The summed E-state index contributed by atoms with van der Waals surface area (Å²) in [7, 11) is 0. The number of carbonyl (C=O) groups excluding carboxylic acids is 2. The Bertz CT molecular complexity index is 689. The van der Waals surface area contributed by atoms with E-state index < -0.39 is 0 Å². The van der Waals surface area contributed by atoms with Crippen LogP contribution in [0.15, 0.2) is 69.8 Å². The minimum Gasteiger partial charge on any atom is -0.295 e. The lowest BCUT2D eigenvalue weighted by molar-refractivity contribution is 0.101. The lowest BCUT2D eigenvalue weighted by atomic mass is 10.1. The molecule has 2 rings (SSSR count). The summed E-state index contributed by atoms with van der Waals surface area (Å²) < 4.78 is 0.921. The van der Waals surface area contributed by atoms with Crippen LogP contribution in [0.25, 0.3) is 0 Å². The van der Waals surface area contributed by atoms with E-state index in [9.17, 15) is 9.59 Å². The first kappa shape index (κ1) is 16.6. The van der Waals surface area contributed by atoms with Crippen LogP contribution < -0.4 is 0 Å². The molecule has 0 spiro atoms. The monoisotopic (exact) mass is 328 g/mol. The molecule has 0 heterocycles. The lowest BCUT2D eigenvalue weighted by Gasteiger charge is -2.05. The van der Waals surface area contributed by atoms with Crippen LogP contribution in [0.1, 0.15) is 27.6 Å². The molecule has 0 radical (unpaired) electrons. The van der Waals surface area contributed by atoms with Crippen LogP contribution in [0.2, 0.25) is 0 Å². The fraction of sp³-hybridized carbons (Fsp3) is 0.111. The largest absolute Gasteiger partial charge is 0.295 e. The maximum absolute atomic E-state index is 12.2. The van der Waals surface area contributed by atoms with Gasteiger partial charge >= 0.3 is 0 Å². The van der Waals surface area contributed by atoms with E-state index in [1.807, 2.05) is 60.9 Å². The average Bonchev–Trinajstić information content (AvgIpc) is 2.55. The first-order valence-corrected chi connectivity index (χ1v) is 8.78. The van der Waals surface area contributed by atoms with Gasteiger partial charge in [0, 0.05) is 26.3 Å². The Balaban J connectivity index is 2.13. The molecule has 0 aliphatic carbocycles. The second kappa shape index (κ2) is 8.01. The molecule has 0 aliphatic rings. The summed E-state index contributed by atoms with van der Waals surface area (Å²) in [6.07, 6.45) is 3.60. The molecule has 112 valence electrons. The van der Waals surface area contributed by atoms with Gasteiger partial charge in [-0.05, 0) is 25.3 Å². The number of hydrogen-bond acceptors (Lipinski definition) is 4. The molecule has 4 heteroatoms. The van der Waals surface area contributed by atoms with Gasteiger partial charge in [0.05, 0.1) is 0 Å². The molecule has 2 aromatic carbocycles. The zero-order chi connectivity index (χ0) is 15.9. The minimum absolute atomic E-state index is 0.00203. The maximum atomic E-state index is 12.2. The van der Waals surface area contributed by atoms with E-state index in [1.165, 1.54) is 23.5 Å². The zero-order valence-electron chi connectivity index (χ0n) is 12.4. The van der Waals surface area contributed by atoms with E-state index in [-0.39, 0.29) is 11.6 Å². The van der Waals surface area contributed by atoms with Crippen molar-refractivity contribution in [2.24, 2.45) is 0 Å². The normalized spacial score (nSPS) is 11.3. The highest BCUT2D eigenvalue weighted by Gasteiger charge is 2.06. The highest BCUT2D eigenvalue weighted by Crippen LogP contribution is 2.33. The van der Waals surface area contributed by atoms with Crippen LogP contribution in [0.4, 0.5) is 0 Å². The second-order valence-electron chi connectivity index (χ2n) is 4.58. The van der Waals surface area contributed by atoms with Gasteiger partial charge in [0.15, 0.2) is 11.6 Å². The van der Waals surface area contributed by atoms with Gasteiger partial charge in [0.2, 0.25) is 0 Å². The molecule has 0 atom stereocenters. The van der Waals surface area contributed by atoms with Gasteiger partial charge in [-0.25, -0.2) is 0 Å². The van der Waals surface area contributed by atoms with Crippen molar-refractivity contribution in [3.63, 3.8) is 0 Å². The molecule has 0 aromatic heterocycles. The molecule has 0 amide bonds. The van der Waals surface area contributed by atoms with Gasteiger partial charge in [0.1, 0.15) is 0 Å². The summed E-state index contributed by atoms with van der Waals surface area (Å²) >= 11 is 3.06. The quantitative estimate of drug-likeness (QED) is 0.421. The van der Waals surface area contributed by atoms with Gasteiger partial charge in [-0.1, -0.05) is 54.2 Å². The van der Waals surface area contributed by atoms with Crippen molar-refractivity contribution in [1.29, 1.82) is 0 Å². The van der Waals surface area contributed by atoms with Gasteiger partial charge in [-0.2, -0.15) is 0 Å². The molecule has 2 aromatic rings. The first-order valence-electron chi connectivity index (χ1n) is 6.74. The van der Waals surface area contributed by atoms with Crippen molar-refractivity contribution in [2.45, 2.75) is 11.8 Å². The number of allylic oxidation sites excluding steroid dienone is 1. The number of benzene rings is 2. The molecular weight excluding hydrogens is 312 g/mol. The van der Waals surface area contributed by atoms with E-state index in [0.717, 1.165) is 9.13 Å². The van der Waals surface area contributed by atoms with Crippen molar-refractivity contribution < 1.29 is 9.59 Å². The predicted molar refractivity (Wildman–Crippen MR) is 94.7 cm³/mol. The molecule has 0 fully saturated rings. The third-order valence-corrected chi connectivity index (χ3v) is 5.08. The molecular formula is C18H16O2S2. The van der Waals surface area contributed by atoms with E-state index in [4.69, 9.17) is 0 Å². The summed E-state index contributed by atoms with van der Waals surface area (Å²) in [6.45, 7) is 1.55. The maximum Gasteiger partial charge on any atom is 0.187 e. The smallest absolute Gasteiger partial charge is 0.187 e. The second-order valence-corrected chi connectivity index (χ2v) is 6.80. The molecule has 2 nitrogen and oxygen atoms in total. The molecule has 22 heavy (non-hydrogen) atoms. The Morgan fingerprint density at radius 3 is 2.09 bits per heavy atom. The van der Waals surface area contributed by atoms with Crippen molar-refractivity contribution >= 4 is 35.1 Å². The van der Waals surface area contributed by atoms with Crippen LogP contribution in [0.3, 0.4) is 0 Å². The Hall–Kier alpha value is -1.78. The fourth-order valence-electron chi connectivity index (χ4n) is 1.80. The zero-order valence-corrected chi connectivity index (χ0v) is 14.0. The van der Waals surface area contributed by atoms with Crippen LogP contribution >= 0.6 is 23.5 Å². The summed E-state index contributed by atoms with van der Waals surface area (Å²) in [5, 5.41) is 0. The molecule has 0 saturated heterocycles. The fourth-order valence-corrected chi connectivity index (χ4v) is 3.31. The van der Waals surface area contributed by atoms with Crippen LogP contribution in [0, 0.1) is 0 Å². The molecule has 0 unspecified atom stereocenters. The minimum atomic E-state index is -0.00203. The van der Waals surface area contributed by atoms with E-state index in [2.05, 4.69) is 0 Å². The molecule has 0 aliphatic heterocycles. The van der Waals surface area contributed by atoms with Crippen molar-refractivity contribution in [2.75, 3.05) is 6.26 Å². The molecule has 0 saturated carbocycles. The first-order chi connectivity index (χ1) is 10.6. The van der Waals surface area contributed by atoms with E-state index >= 15 is 0 Å². The van der Waals surface area contributed by atoms with Crippen LogP contribution in [-0.4, -0.2) is 17.8 Å². The Labute approximate surface area is 139 Å². The Morgan fingerprint density at radius 1 is 0.909 bits per heavy atom. The predicted octanol–water partition coefficient (Wildman–Crippen LogP) is 5.07. The number of ketones is 2. The van der Waals surface area contributed by atoms with Crippen LogP contribution in [-0.2, 0) is 0 Å². The molecule has 0 bridgehead atoms. The molecule has 0 N–H and O–H groups in total. The topological polar surface area (TPSA) is 34.1 Å². The number of thioether (sulfide) groups is 2. The van der Waals surface area contributed by atoms with Crippen LogP contribution in [0.5, 0.6) is 0 Å². The summed E-state index contributed by atoms with van der Waals surface area (Å²) in [5.41, 5.74) is 1.38. The highest BCUT2D eigenvalue weighted by molar-refractivity contribution is 8.22.